The van der Waals surface area contributed by atoms with Crippen LogP contribution in [0.4, 0.5) is 0 Å². The van der Waals surface area contributed by atoms with Gasteiger partial charge in [0.15, 0.2) is 0 Å². The van der Waals surface area contributed by atoms with E-state index < -0.39 is 0 Å². The van der Waals surface area contributed by atoms with E-state index in [1.807, 2.05) is 43.3 Å². The van der Waals surface area contributed by atoms with Gasteiger partial charge in [-0.2, -0.15) is 0 Å². The third-order valence-electron chi connectivity index (χ3n) is 6.82. The number of nitrogens with zero attached hydrogens (tertiary/aromatic N) is 1. The summed E-state index contributed by atoms with van der Waals surface area (Å²) in [7, 11) is 2.10. The van der Waals surface area contributed by atoms with Gasteiger partial charge in [-0.15, -0.1) is 0 Å². The number of hydrogen-bond donors (Lipinski definition) is 2. The maximum absolute atomic E-state index is 13.3. The summed E-state index contributed by atoms with van der Waals surface area (Å²) < 4.78 is 5.98. The number of benzene rings is 3. The Morgan fingerprint density at radius 3 is 2.74 bits per heavy atom. The summed E-state index contributed by atoms with van der Waals surface area (Å²) >= 11 is 0. The number of amides is 1. The number of likely N-dealkylation sites (N-methyl/N-ethyl adjacent to an activating group) is 1. The molecule has 31 heavy (non-hydrogen) atoms. The van der Waals surface area contributed by atoms with Crippen molar-refractivity contribution in [2.45, 2.75) is 37.8 Å². The summed E-state index contributed by atoms with van der Waals surface area (Å²) in [6.07, 6.45) is 2.92. The first-order chi connectivity index (χ1) is 14.9. The van der Waals surface area contributed by atoms with E-state index in [2.05, 4.69) is 23.3 Å². The smallest absolute Gasteiger partial charge is 0.252 e. The number of fused-ring (bicyclic) bond motifs is 1. The molecule has 1 amide bonds. The molecule has 5 heteroatoms. The molecule has 5 rings (SSSR count). The number of aryl methyl sites for hydroxylation is 1. The first-order valence-electron chi connectivity index (χ1n) is 10.9. The standard InChI is InChI=1S/C26H28N2O3/c1-17-6-9-21(31-16-19-10-13-28(19)2)15-22(17)25(30)27-26(11-12-26)24-5-3-4-18-7-8-20(29)14-23(18)24/h3-9,14-15,19,29H,10-13,16H2,1-2H3,(H,27,30). The molecule has 1 unspecified atom stereocenters. The quantitative estimate of drug-likeness (QED) is 0.627. The highest BCUT2D eigenvalue weighted by molar-refractivity contribution is 5.97. The summed E-state index contributed by atoms with van der Waals surface area (Å²) in [4.78, 5) is 15.6. The Hall–Kier alpha value is -3.05. The molecule has 0 aromatic heterocycles. The van der Waals surface area contributed by atoms with E-state index in [4.69, 9.17) is 4.74 Å². The van der Waals surface area contributed by atoms with Gasteiger partial charge >= 0.3 is 0 Å². The van der Waals surface area contributed by atoms with Crippen LogP contribution in [-0.2, 0) is 5.54 Å². The first-order valence-corrected chi connectivity index (χ1v) is 10.9. The van der Waals surface area contributed by atoms with Gasteiger partial charge < -0.3 is 15.2 Å². The fourth-order valence-corrected chi connectivity index (χ4v) is 4.46. The Bertz CT molecular complexity index is 1150. The molecule has 2 N–H and O–H groups in total. The Kier molecular flexibility index (Phi) is 4.86. The zero-order valence-electron chi connectivity index (χ0n) is 18.0. The van der Waals surface area contributed by atoms with Crippen LogP contribution in [0.25, 0.3) is 10.8 Å². The molecule has 1 heterocycles. The predicted molar refractivity (Wildman–Crippen MR) is 122 cm³/mol. The number of likely N-dealkylation sites (tertiary alicyclic amines) is 1. The van der Waals surface area contributed by atoms with Crippen molar-refractivity contribution in [1.29, 1.82) is 0 Å². The van der Waals surface area contributed by atoms with Crippen LogP contribution in [0.2, 0.25) is 0 Å². The monoisotopic (exact) mass is 416 g/mol. The molecule has 0 radical (unpaired) electrons. The molecule has 0 bridgehead atoms. The van der Waals surface area contributed by atoms with E-state index in [0.717, 1.165) is 53.5 Å². The van der Waals surface area contributed by atoms with Crippen LogP contribution >= 0.6 is 0 Å². The normalized spacial score (nSPS) is 19.6. The number of hydrogen-bond acceptors (Lipinski definition) is 4. The zero-order chi connectivity index (χ0) is 21.6. The first kappa shape index (κ1) is 19.9. The number of nitrogens with one attached hydrogen (secondary N) is 1. The van der Waals surface area contributed by atoms with E-state index in [1.54, 1.807) is 12.1 Å². The number of carbonyl (C=O) groups is 1. The minimum atomic E-state index is -0.387. The molecule has 1 aliphatic carbocycles. The zero-order valence-corrected chi connectivity index (χ0v) is 18.0. The van der Waals surface area contributed by atoms with Crippen LogP contribution in [0.1, 0.15) is 40.7 Å². The maximum Gasteiger partial charge on any atom is 0.252 e. The van der Waals surface area contributed by atoms with Crippen molar-refractivity contribution in [3.05, 3.63) is 71.3 Å². The Balaban J connectivity index is 1.38. The lowest BCUT2D eigenvalue weighted by Gasteiger charge is -2.37. The van der Waals surface area contributed by atoms with Crippen LogP contribution in [0.5, 0.6) is 11.5 Å². The molecule has 1 aliphatic heterocycles. The number of aromatic hydroxyl groups is 1. The summed E-state index contributed by atoms with van der Waals surface area (Å²) in [5.74, 6) is 0.884. The van der Waals surface area contributed by atoms with Crippen molar-refractivity contribution < 1.29 is 14.6 Å². The van der Waals surface area contributed by atoms with Crippen molar-refractivity contribution in [3.8, 4) is 11.5 Å². The van der Waals surface area contributed by atoms with Crippen LogP contribution in [0.15, 0.2) is 54.6 Å². The number of carbonyl (C=O) groups excluding carboxylic acids is 1. The average Bonchev–Trinajstić information content (AvgIpc) is 3.53. The van der Waals surface area contributed by atoms with Gasteiger partial charge in [0.2, 0.25) is 0 Å². The highest BCUT2D eigenvalue weighted by atomic mass is 16.5. The van der Waals surface area contributed by atoms with Crippen LogP contribution in [0.3, 0.4) is 0 Å². The predicted octanol–water partition coefficient (Wildman–Crippen LogP) is 4.36. The molecule has 3 aromatic carbocycles. The Morgan fingerprint density at radius 1 is 1.19 bits per heavy atom. The van der Waals surface area contributed by atoms with Crippen molar-refractivity contribution in [3.63, 3.8) is 0 Å². The Morgan fingerprint density at radius 2 is 2.03 bits per heavy atom. The third kappa shape index (κ3) is 3.74. The molecular formula is C26H28N2O3. The number of phenolic OH excluding ortho intramolecular Hbond substituents is 1. The average molecular weight is 417 g/mol. The second-order valence-corrected chi connectivity index (χ2v) is 8.96. The molecule has 1 saturated heterocycles. The van der Waals surface area contributed by atoms with E-state index >= 15 is 0 Å². The molecular weight excluding hydrogens is 388 g/mol. The van der Waals surface area contributed by atoms with Crippen molar-refractivity contribution in [1.82, 2.24) is 10.2 Å². The van der Waals surface area contributed by atoms with E-state index in [0.29, 0.717) is 18.2 Å². The van der Waals surface area contributed by atoms with Gasteiger partial charge in [0.1, 0.15) is 18.1 Å². The maximum atomic E-state index is 13.3. The molecule has 2 fully saturated rings. The van der Waals surface area contributed by atoms with Crippen molar-refractivity contribution in [2.24, 2.45) is 0 Å². The fourth-order valence-electron chi connectivity index (χ4n) is 4.46. The van der Waals surface area contributed by atoms with Gasteiger partial charge in [0.25, 0.3) is 5.91 Å². The van der Waals surface area contributed by atoms with E-state index in [9.17, 15) is 9.90 Å². The SMILES string of the molecule is Cc1ccc(OCC2CCN2C)cc1C(=O)NC1(c2cccc3ccc(O)cc23)CC1. The minimum absolute atomic E-state index is 0.0848. The van der Waals surface area contributed by atoms with Gasteiger partial charge in [-0.3, -0.25) is 9.69 Å². The lowest BCUT2D eigenvalue weighted by molar-refractivity contribution is 0.0767. The van der Waals surface area contributed by atoms with Crippen LogP contribution in [-0.4, -0.2) is 42.2 Å². The van der Waals surface area contributed by atoms with Crippen molar-refractivity contribution >= 4 is 16.7 Å². The molecule has 1 saturated carbocycles. The summed E-state index contributed by atoms with van der Waals surface area (Å²) in [5.41, 5.74) is 2.25. The fraction of sp³-hybridized carbons (Fsp3) is 0.346. The molecule has 2 aliphatic rings. The number of ether oxygens (including phenoxy) is 1. The van der Waals surface area contributed by atoms with Gasteiger partial charge in [-0.25, -0.2) is 0 Å². The molecule has 3 aromatic rings. The largest absolute Gasteiger partial charge is 0.508 e. The van der Waals surface area contributed by atoms with Gasteiger partial charge in [0.05, 0.1) is 5.54 Å². The molecule has 5 nitrogen and oxygen atoms in total. The lowest BCUT2D eigenvalue weighted by atomic mass is 9.96. The van der Waals surface area contributed by atoms with Crippen LogP contribution < -0.4 is 10.1 Å². The topological polar surface area (TPSA) is 61.8 Å². The summed E-state index contributed by atoms with van der Waals surface area (Å²) in [5, 5.41) is 15.3. The van der Waals surface area contributed by atoms with Crippen LogP contribution in [0, 0.1) is 6.92 Å². The summed E-state index contributed by atoms with van der Waals surface area (Å²) in [6, 6.07) is 17.7. The molecule has 0 spiro atoms. The van der Waals surface area contributed by atoms with Gasteiger partial charge in [-0.1, -0.05) is 30.3 Å². The molecule has 160 valence electrons. The highest BCUT2D eigenvalue weighted by Gasteiger charge is 2.46. The lowest BCUT2D eigenvalue weighted by Crippen LogP contribution is -2.48. The van der Waals surface area contributed by atoms with Gasteiger partial charge in [-0.05, 0) is 85.9 Å². The second kappa shape index (κ2) is 7.57. The number of rotatable bonds is 6. The summed E-state index contributed by atoms with van der Waals surface area (Å²) in [6.45, 7) is 3.71. The third-order valence-corrected chi connectivity index (χ3v) is 6.82. The van der Waals surface area contributed by atoms with E-state index in [-0.39, 0.29) is 17.2 Å². The Labute approximate surface area is 182 Å². The number of phenols is 1. The van der Waals surface area contributed by atoms with E-state index in [1.165, 1.54) is 0 Å². The minimum Gasteiger partial charge on any atom is -0.508 e. The molecule has 1 atom stereocenters. The highest BCUT2D eigenvalue weighted by Crippen LogP contribution is 2.48. The van der Waals surface area contributed by atoms with Crippen molar-refractivity contribution in [2.75, 3.05) is 20.2 Å². The second-order valence-electron chi connectivity index (χ2n) is 8.96. The van der Waals surface area contributed by atoms with Gasteiger partial charge in [0, 0.05) is 11.6 Å².